The van der Waals surface area contributed by atoms with Gasteiger partial charge in [-0.25, -0.2) is 4.79 Å². The number of carboxylic acids is 1. The topological polar surface area (TPSA) is 102 Å². The lowest BCUT2D eigenvalue weighted by atomic mass is 10.1. The number of amides is 1. The van der Waals surface area contributed by atoms with Gasteiger partial charge in [0, 0.05) is 26.2 Å². The van der Waals surface area contributed by atoms with Crippen molar-refractivity contribution < 1.29 is 28.3 Å². The lowest BCUT2D eigenvalue weighted by Crippen LogP contribution is -2.29. The highest BCUT2D eigenvalue weighted by atomic mass is 16.5. The number of aromatic carboxylic acids is 1. The highest BCUT2D eigenvalue weighted by molar-refractivity contribution is 5.96. The Morgan fingerprint density at radius 1 is 1.33 bits per heavy atom. The molecule has 130 valence electrons. The number of furan rings is 2. The van der Waals surface area contributed by atoms with E-state index >= 15 is 0 Å². The molecule has 0 aliphatic heterocycles. The lowest BCUT2D eigenvalue weighted by Gasteiger charge is -2.15. The molecule has 1 atom stereocenters. The van der Waals surface area contributed by atoms with Crippen molar-refractivity contribution in [2.75, 3.05) is 13.7 Å². The predicted octanol–water partition coefficient (Wildman–Crippen LogP) is 2.95. The predicted molar refractivity (Wildman–Crippen MR) is 85.2 cm³/mol. The van der Waals surface area contributed by atoms with Crippen LogP contribution in [0.15, 0.2) is 27.0 Å². The Bertz CT molecular complexity index is 714. The normalized spacial score (nSPS) is 12.1. The zero-order valence-electron chi connectivity index (χ0n) is 13.9. The molecule has 2 aromatic heterocycles. The van der Waals surface area contributed by atoms with Crippen LogP contribution in [0, 0.1) is 6.92 Å². The van der Waals surface area contributed by atoms with Gasteiger partial charge in [0.2, 0.25) is 0 Å². The second kappa shape index (κ2) is 7.83. The molecule has 0 radical (unpaired) electrons. The summed E-state index contributed by atoms with van der Waals surface area (Å²) in [5, 5.41) is 11.9. The monoisotopic (exact) mass is 335 g/mol. The Labute approximate surface area is 139 Å². The maximum absolute atomic E-state index is 12.4. The van der Waals surface area contributed by atoms with Gasteiger partial charge >= 0.3 is 5.97 Å². The first-order valence-electron chi connectivity index (χ1n) is 7.68. The van der Waals surface area contributed by atoms with E-state index in [1.807, 2.05) is 13.0 Å². The number of carboxylic acid groups (broad SMARTS) is 1. The van der Waals surface area contributed by atoms with Gasteiger partial charge in [0.05, 0.1) is 6.04 Å². The molecular formula is C17H21NO6. The minimum Gasteiger partial charge on any atom is -0.478 e. The number of ether oxygens (including phenoxy) is 1. The van der Waals surface area contributed by atoms with Crippen LogP contribution in [-0.4, -0.2) is 30.7 Å². The van der Waals surface area contributed by atoms with Crippen molar-refractivity contribution in [3.63, 3.8) is 0 Å². The standard InChI is InChI=1S/C17H21NO6/c1-4-13-11(17(20)21)9-15(24-13)16(19)18-12(7-8-22-3)14-6-5-10(2)23-14/h5-6,9,12H,4,7-8H2,1-3H3,(H,18,19)(H,20,21). The van der Waals surface area contributed by atoms with Crippen LogP contribution >= 0.6 is 0 Å². The fraction of sp³-hybridized carbons (Fsp3) is 0.412. The summed E-state index contributed by atoms with van der Waals surface area (Å²) in [4.78, 5) is 23.6. The van der Waals surface area contributed by atoms with Crippen molar-refractivity contribution in [2.45, 2.75) is 32.7 Å². The van der Waals surface area contributed by atoms with Crippen LogP contribution in [0.2, 0.25) is 0 Å². The molecule has 24 heavy (non-hydrogen) atoms. The summed E-state index contributed by atoms with van der Waals surface area (Å²) < 4.78 is 16.0. The van der Waals surface area contributed by atoms with Crippen LogP contribution in [-0.2, 0) is 11.2 Å². The van der Waals surface area contributed by atoms with E-state index < -0.39 is 17.9 Å². The molecule has 0 spiro atoms. The molecule has 2 rings (SSSR count). The third kappa shape index (κ3) is 4.05. The van der Waals surface area contributed by atoms with E-state index in [2.05, 4.69) is 5.32 Å². The quantitative estimate of drug-likeness (QED) is 0.769. The summed E-state index contributed by atoms with van der Waals surface area (Å²) in [5.41, 5.74) is 0.00457. The zero-order chi connectivity index (χ0) is 17.7. The first kappa shape index (κ1) is 17.8. The molecule has 2 heterocycles. The zero-order valence-corrected chi connectivity index (χ0v) is 13.9. The minimum atomic E-state index is -1.12. The second-order valence-electron chi connectivity index (χ2n) is 5.36. The van der Waals surface area contributed by atoms with Crippen molar-refractivity contribution >= 4 is 11.9 Å². The number of rotatable bonds is 8. The van der Waals surface area contributed by atoms with Crippen LogP contribution in [0.3, 0.4) is 0 Å². The van der Waals surface area contributed by atoms with Crippen LogP contribution in [0.25, 0.3) is 0 Å². The van der Waals surface area contributed by atoms with Crippen molar-refractivity contribution in [3.05, 3.63) is 46.8 Å². The number of carbonyl (C=O) groups excluding carboxylic acids is 1. The minimum absolute atomic E-state index is 0.00457. The molecule has 2 aromatic rings. The van der Waals surface area contributed by atoms with Gasteiger partial charge in [-0.1, -0.05) is 6.92 Å². The summed E-state index contributed by atoms with van der Waals surface area (Å²) in [5.74, 6) is -0.0239. The van der Waals surface area contributed by atoms with Crippen LogP contribution in [0.5, 0.6) is 0 Å². The number of nitrogens with one attached hydrogen (secondary N) is 1. The third-order valence-corrected chi connectivity index (χ3v) is 3.60. The van der Waals surface area contributed by atoms with E-state index in [4.69, 9.17) is 18.7 Å². The molecule has 0 saturated carbocycles. The molecule has 1 unspecified atom stereocenters. The lowest BCUT2D eigenvalue weighted by molar-refractivity contribution is 0.0694. The van der Waals surface area contributed by atoms with Crippen molar-refractivity contribution in [1.82, 2.24) is 5.32 Å². The van der Waals surface area contributed by atoms with Crippen molar-refractivity contribution in [1.29, 1.82) is 0 Å². The maximum Gasteiger partial charge on any atom is 0.339 e. The molecule has 2 N–H and O–H groups in total. The van der Waals surface area contributed by atoms with Gasteiger partial charge in [0.25, 0.3) is 5.91 Å². The van der Waals surface area contributed by atoms with Crippen LogP contribution in [0.4, 0.5) is 0 Å². The largest absolute Gasteiger partial charge is 0.478 e. The van der Waals surface area contributed by atoms with Gasteiger partial charge in [-0.05, 0) is 25.5 Å². The molecular weight excluding hydrogens is 314 g/mol. The summed E-state index contributed by atoms with van der Waals surface area (Å²) >= 11 is 0. The van der Waals surface area contributed by atoms with E-state index in [1.165, 1.54) is 6.07 Å². The van der Waals surface area contributed by atoms with E-state index in [0.717, 1.165) is 5.76 Å². The smallest absolute Gasteiger partial charge is 0.339 e. The van der Waals surface area contributed by atoms with Crippen molar-refractivity contribution in [2.24, 2.45) is 0 Å². The Balaban J connectivity index is 2.19. The Morgan fingerprint density at radius 2 is 2.08 bits per heavy atom. The summed E-state index contributed by atoms with van der Waals surface area (Å²) in [6, 6.07) is 4.45. The first-order valence-corrected chi connectivity index (χ1v) is 7.68. The maximum atomic E-state index is 12.4. The molecule has 1 amide bonds. The molecule has 0 saturated heterocycles. The Morgan fingerprint density at radius 3 is 2.58 bits per heavy atom. The molecule has 7 heteroatoms. The van der Waals surface area contributed by atoms with Gasteiger partial charge in [0.1, 0.15) is 22.8 Å². The van der Waals surface area contributed by atoms with Gasteiger partial charge in [-0.15, -0.1) is 0 Å². The highest BCUT2D eigenvalue weighted by Gasteiger charge is 2.23. The van der Waals surface area contributed by atoms with E-state index in [1.54, 1.807) is 20.1 Å². The molecule has 0 bridgehead atoms. The van der Waals surface area contributed by atoms with Gasteiger partial charge in [0.15, 0.2) is 5.76 Å². The summed E-state index contributed by atoms with van der Waals surface area (Å²) in [6.07, 6.45) is 0.904. The molecule has 0 fully saturated rings. The SMILES string of the molecule is CCc1oc(C(=O)NC(CCOC)c2ccc(C)o2)cc1C(=O)O. The van der Waals surface area contributed by atoms with Gasteiger partial charge < -0.3 is 24.0 Å². The summed E-state index contributed by atoms with van der Waals surface area (Å²) in [7, 11) is 1.57. The Hall–Kier alpha value is -2.54. The highest BCUT2D eigenvalue weighted by Crippen LogP contribution is 2.22. The number of methoxy groups -OCH3 is 1. The molecule has 0 aromatic carbocycles. The van der Waals surface area contributed by atoms with E-state index in [9.17, 15) is 9.59 Å². The average molecular weight is 335 g/mol. The number of hydrogen-bond acceptors (Lipinski definition) is 5. The van der Waals surface area contributed by atoms with E-state index in [-0.39, 0.29) is 17.1 Å². The fourth-order valence-electron chi connectivity index (χ4n) is 2.38. The molecule has 7 nitrogen and oxygen atoms in total. The van der Waals surface area contributed by atoms with Crippen LogP contribution < -0.4 is 5.32 Å². The van der Waals surface area contributed by atoms with Crippen LogP contribution in [0.1, 0.15) is 57.6 Å². The average Bonchev–Trinajstić information content (AvgIpc) is 3.17. The van der Waals surface area contributed by atoms with Gasteiger partial charge in [-0.2, -0.15) is 0 Å². The number of aryl methyl sites for hydroxylation is 2. The Kier molecular flexibility index (Phi) is 5.81. The molecule has 0 aliphatic carbocycles. The van der Waals surface area contributed by atoms with Crippen molar-refractivity contribution in [3.8, 4) is 0 Å². The fourth-order valence-corrected chi connectivity index (χ4v) is 2.38. The number of carbonyl (C=O) groups is 2. The number of hydrogen-bond donors (Lipinski definition) is 2. The summed E-state index contributed by atoms with van der Waals surface area (Å²) in [6.45, 7) is 4.02. The molecule has 0 aliphatic rings. The second-order valence-corrected chi connectivity index (χ2v) is 5.36. The van der Waals surface area contributed by atoms with Gasteiger partial charge in [-0.3, -0.25) is 4.79 Å². The first-order chi connectivity index (χ1) is 11.5. The third-order valence-electron chi connectivity index (χ3n) is 3.60. The van der Waals surface area contributed by atoms with E-state index in [0.29, 0.717) is 25.2 Å².